The summed E-state index contributed by atoms with van der Waals surface area (Å²) in [4.78, 5) is 24.5. The summed E-state index contributed by atoms with van der Waals surface area (Å²) in [6.45, 7) is 2.70. The molecule has 1 aromatic rings. The van der Waals surface area contributed by atoms with Crippen molar-refractivity contribution < 1.29 is 19.4 Å². The maximum absolute atomic E-state index is 12.1. The van der Waals surface area contributed by atoms with Crippen molar-refractivity contribution in [2.45, 2.75) is 13.0 Å². The Kier molecular flexibility index (Phi) is 3.44. The average molecular weight is 255 g/mol. The normalized spacial score (nSPS) is 20.3. The van der Waals surface area contributed by atoms with Crippen LogP contribution in [0.5, 0.6) is 0 Å². The number of morpholine rings is 1. The molecule has 1 aliphatic heterocycles. The number of carboxylic acid groups (broad SMARTS) is 1. The standard InChI is InChI=1S/C11H13NO4S/c1-7-5-17-6-8(7)10(13)12-2-3-16-9(4-12)11(14)15/h5-6,9H,2-4H2,1H3,(H,14,15)/t9-/m0/s1. The number of carbonyl (C=O) groups excluding carboxylic acids is 1. The van der Waals surface area contributed by atoms with Crippen LogP contribution in [0.25, 0.3) is 0 Å². The van der Waals surface area contributed by atoms with Gasteiger partial charge in [-0.1, -0.05) is 0 Å². The first-order chi connectivity index (χ1) is 8.09. The van der Waals surface area contributed by atoms with Gasteiger partial charge in [0, 0.05) is 11.9 Å². The van der Waals surface area contributed by atoms with Gasteiger partial charge in [0.1, 0.15) is 0 Å². The second-order valence-electron chi connectivity index (χ2n) is 3.92. The number of aryl methyl sites for hydroxylation is 1. The van der Waals surface area contributed by atoms with E-state index in [1.54, 1.807) is 5.38 Å². The minimum absolute atomic E-state index is 0.113. The minimum Gasteiger partial charge on any atom is -0.479 e. The second-order valence-corrected chi connectivity index (χ2v) is 4.66. The number of rotatable bonds is 2. The molecule has 1 atom stereocenters. The second kappa shape index (κ2) is 4.85. The lowest BCUT2D eigenvalue weighted by Crippen LogP contribution is -2.48. The van der Waals surface area contributed by atoms with Crippen molar-refractivity contribution in [1.82, 2.24) is 4.90 Å². The highest BCUT2D eigenvalue weighted by atomic mass is 32.1. The van der Waals surface area contributed by atoms with Gasteiger partial charge in [-0.25, -0.2) is 4.79 Å². The fraction of sp³-hybridized carbons (Fsp3) is 0.455. The van der Waals surface area contributed by atoms with Gasteiger partial charge in [-0.15, -0.1) is 0 Å². The summed E-state index contributed by atoms with van der Waals surface area (Å²) in [5.74, 6) is -1.14. The Morgan fingerprint density at radius 1 is 1.53 bits per heavy atom. The van der Waals surface area contributed by atoms with Crippen LogP contribution in [0, 0.1) is 6.92 Å². The zero-order chi connectivity index (χ0) is 12.4. The number of hydrogen-bond acceptors (Lipinski definition) is 4. The Morgan fingerprint density at radius 3 is 2.88 bits per heavy atom. The topological polar surface area (TPSA) is 66.8 Å². The molecule has 0 aliphatic carbocycles. The van der Waals surface area contributed by atoms with Crippen LogP contribution in [0.3, 0.4) is 0 Å². The summed E-state index contributed by atoms with van der Waals surface area (Å²) in [7, 11) is 0. The first kappa shape index (κ1) is 12.1. The number of thiophene rings is 1. The van der Waals surface area contributed by atoms with Crippen molar-refractivity contribution in [3.8, 4) is 0 Å². The predicted molar refractivity (Wildman–Crippen MR) is 62.3 cm³/mol. The Bertz CT molecular complexity index is 442. The fourth-order valence-electron chi connectivity index (χ4n) is 1.73. The molecule has 0 unspecified atom stereocenters. The molecule has 1 aromatic heterocycles. The Labute approximate surface area is 103 Å². The molecule has 2 rings (SSSR count). The lowest BCUT2D eigenvalue weighted by atomic mass is 10.1. The first-order valence-electron chi connectivity index (χ1n) is 5.26. The molecular weight excluding hydrogens is 242 g/mol. The number of nitrogens with zero attached hydrogens (tertiary/aromatic N) is 1. The first-order valence-corrected chi connectivity index (χ1v) is 6.20. The van der Waals surface area contributed by atoms with Gasteiger partial charge < -0.3 is 14.7 Å². The van der Waals surface area contributed by atoms with Crippen LogP contribution in [0.4, 0.5) is 0 Å². The van der Waals surface area contributed by atoms with Crippen LogP contribution in [0.2, 0.25) is 0 Å². The van der Waals surface area contributed by atoms with E-state index in [1.807, 2.05) is 12.3 Å². The van der Waals surface area contributed by atoms with E-state index >= 15 is 0 Å². The van der Waals surface area contributed by atoms with Crippen LogP contribution in [-0.4, -0.2) is 47.7 Å². The molecule has 1 fully saturated rings. The van der Waals surface area contributed by atoms with Crippen molar-refractivity contribution in [2.24, 2.45) is 0 Å². The summed E-state index contributed by atoms with van der Waals surface area (Å²) in [5, 5.41) is 12.6. The van der Waals surface area contributed by atoms with Crippen LogP contribution in [0.15, 0.2) is 10.8 Å². The maximum Gasteiger partial charge on any atom is 0.334 e. The summed E-state index contributed by atoms with van der Waals surface area (Å²) < 4.78 is 5.08. The van der Waals surface area contributed by atoms with Crippen molar-refractivity contribution in [3.05, 3.63) is 21.9 Å². The molecule has 17 heavy (non-hydrogen) atoms. The van der Waals surface area contributed by atoms with Crippen molar-refractivity contribution in [3.63, 3.8) is 0 Å². The highest BCUT2D eigenvalue weighted by Gasteiger charge is 2.29. The molecule has 6 heteroatoms. The Morgan fingerprint density at radius 2 is 2.29 bits per heavy atom. The molecule has 1 amide bonds. The third-order valence-electron chi connectivity index (χ3n) is 2.72. The van der Waals surface area contributed by atoms with E-state index in [1.165, 1.54) is 16.2 Å². The fourth-order valence-corrected chi connectivity index (χ4v) is 2.56. The van der Waals surface area contributed by atoms with E-state index in [2.05, 4.69) is 0 Å². The van der Waals surface area contributed by atoms with Crippen molar-refractivity contribution in [1.29, 1.82) is 0 Å². The zero-order valence-electron chi connectivity index (χ0n) is 9.38. The quantitative estimate of drug-likeness (QED) is 0.855. The highest BCUT2D eigenvalue weighted by Crippen LogP contribution is 2.17. The summed E-state index contributed by atoms with van der Waals surface area (Å²) >= 11 is 1.47. The summed E-state index contributed by atoms with van der Waals surface area (Å²) in [5.41, 5.74) is 1.58. The molecule has 5 nitrogen and oxygen atoms in total. The lowest BCUT2D eigenvalue weighted by Gasteiger charge is -2.30. The van der Waals surface area contributed by atoms with Gasteiger partial charge in [-0.3, -0.25) is 4.79 Å². The predicted octanol–water partition coefficient (Wildman–Crippen LogP) is 0.982. The molecule has 0 radical (unpaired) electrons. The van der Waals surface area contributed by atoms with E-state index in [0.717, 1.165) is 5.56 Å². The largest absolute Gasteiger partial charge is 0.479 e. The maximum atomic E-state index is 12.1. The molecule has 1 N–H and O–H groups in total. The molecule has 0 aromatic carbocycles. The minimum atomic E-state index is -1.02. The summed E-state index contributed by atoms with van der Waals surface area (Å²) in [6.07, 6.45) is -0.911. The van der Waals surface area contributed by atoms with Crippen LogP contribution in [-0.2, 0) is 9.53 Å². The van der Waals surface area contributed by atoms with Gasteiger partial charge in [0.2, 0.25) is 0 Å². The van der Waals surface area contributed by atoms with Gasteiger partial charge in [0.05, 0.1) is 18.7 Å². The molecule has 0 bridgehead atoms. The zero-order valence-corrected chi connectivity index (χ0v) is 10.2. The van der Waals surface area contributed by atoms with E-state index in [-0.39, 0.29) is 19.1 Å². The monoisotopic (exact) mass is 255 g/mol. The van der Waals surface area contributed by atoms with Gasteiger partial charge in [0.25, 0.3) is 5.91 Å². The Balaban J connectivity index is 2.10. The van der Waals surface area contributed by atoms with Gasteiger partial charge in [-0.05, 0) is 17.9 Å². The molecule has 1 aliphatic rings. The van der Waals surface area contributed by atoms with Crippen LogP contribution in [0.1, 0.15) is 15.9 Å². The third-order valence-corrected chi connectivity index (χ3v) is 3.58. The molecule has 2 heterocycles. The Hall–Kier alpha value is -1.40. The number of hydrogen-bond donors (Lipinski definition) is 1. The van der Waals surface area contributed by atoms with Crippen molar-refractivity contribution >= 4 is 23.2 Å². The number of aliphatic carboxylic acids is 1. The molecule has 0 spiro atoms. The SMILES string of the molecule is Cc1cscc1C(=O)N1CCO[C@H](C(=O)O)C1. The van der Waals surface area contributed by atoms with E-state index < -0.39 is 12.1 Å². The molecule has 92 valence electrons. The van der Waals surface area contributed by atoms with Gasteiger partial charge >= 0.3 is 5.97 Å². The van der Waals surface area contributed by atoms with Gasteiger partial charge in [0.15, 0.2) is 6.10 Å². The van der Waals surface area contributed by atoms with Gasteiger partial charge in [-0.2, -0.15) is 11.3 Å². The molecule has 1 saturated heterocycles. The van der Waals surface area contributed by atoms with Crippen LogP contribution >= 0.6 is 11.3 Å². The number of ether oxygens (including phenoxy) is 1. The number of carboxylic acids is 1. The van der Waals surface area contributed by atoms with Crippen molar-refractivity contribution in [2.75, 3.05) is 19.7 Å². The van der Waals surface area contributed by atoms with E-state index in [9.17, 15) is 9.59 Å². The van der Waals surface area contributed by atoms with E-state index in [0.29, 0.717) is 12.1 Å². The number of carbonyl (C=O) groups is 2. The smallest absolute Gasteiger partial charge is 0.334 e. The summed E-state index contributed by atoms with van der Waals surface area (Å²) in [6, 6.07) is 0. The highest BCUT2D eigenvalue weighted by molar-refractivity contribution is 7.08. The average Bonchev–Trinajstić information content (AvgIpc) is 2.74. The molecule has 0 saturated carbocycles. The third kappa shape index (κ3) is 2.48. The van der Waals surface area contributed by atoms with E-state index in [4.69, 9.17) is 9.84 Å². The number of amides is 1. The lowest BCUT2D eigenvalue weighted by molar-refractivity contribution is -0.154. The molecular formula is C11H13NO4S. The van der Waals surface area contributed by atoms with Crippen LogP contribution < -0.4 is 0 Å².